The van der Waals surface area contributed by atoms with Crippen LogP contribution in [0.15, 0.2) is 0 Å². The Morgan fingerprint density at radius 2 is 1.91 bits per heavy atom. The minimum atomic E-state index is -0.397. The molecule has 1 saturated heterocycles. The van der Waals surface area contributed by atoms with Crippen LogP contribution in [0.5, 0.6) is 0 Å². The highest BCUT2D eigenvalue weighted by atomic mass is 35.5. The summed E-state index contributed by atoms with van der Waals surface area (Å²) in [7, 11) is 0. The summed E-state index contributed by atoms with van der Waals surface area (Å²) in [5.41, 5.74) is 5.34. The minimum Gasteiger partial charge on any atom is -0.378 e. The summed E-state index contributed by atoms with van der Waals surface area (Å²) in [5.74, 6) is 0.858. The van der Waals surface area contributed by atoms with Crippen molar-refractivity contribution in [2.24, 2.45) is 11.7 Å². The standard InChI is InChI=1S/C14H27N3O3S.ClH/c1-11(2)14(3,10-15)16-12(18)8-21-9-13(19)17-4-6-20-7-5-17;/h11H,4-10,15H2,1-3H3,(H,16,18);1H. The van der Waals surface area contributed by atoms with E-state index >= 15 is 0 Å². The van der Waals surface area contributed by atoms with E-state index in [4.69, 9.17) is 10.5 Å². The van der Waals surface area contributed by atoms with Gasteiger partial charge in [-0.15, -0.1) is 24.2 Å². The monoisotopic (exact) mass is 353 g/mol. The summed E-state index contributed by atoms with van der Waals surface area (Å²) >= 11 is 1.34. The fourth-order valence-corrected chi connectivity index (χ4v) is 2.64. The maximum Gasteiger partial charge on any atom is 0.232 e. The number of ether oxygens (including phenoxy) is 1. The number of hydrogen-bond acceptors (Lipinski definition) is 5. The summed E-state index contributed by atoms with van der Waals surface area (Å²) in [5, 5.41) is 2.97. The van der Waals surface area contributed by atoms with Crippen LogP contribution in [0.2, 0.25) is 0 Å². The molecule has 0 aliphatic carbocycles. The lowest BCUT2D eigenvalue weighted by molar-refractivity contribution is -0.132. The van der Waals surface area contributed by atoms with Crippen LogP contribution in [-0.4, -0.2) is 66.6 Å². The number of carbonyl (C=O) groups is 2. The number of amides is 2. The molecule has 0 aromatic rings. The fraction of sp³-hybridized carbons (Fsp3) is 0.857. The predicted octanol–water partition coefficient (Wildman–Crippen LogP) is 0.490. The number of nitrogens with two attached hydrogens (primary N) is 1. The molecule has 1 aliphatic rings. The molecule has 1 rings (SSSR count). The zero-order valence-electron chi connectivity index (χ0n) is 13.6. The van der Waals surface area contributed by atoms with Crippen molar-refractivity contribution in [2.45, 2.75) is 26.3 Å². The number of nitrogens with one attached hydrogen (secondary N) is 1. The van der Waals surface area contributed by atoms with Gasteiger partial charge in [-0.05, 0) is 12.8 Å². The Morgan fingerprint density at radius 3 is 2.41 bits per heavy atom. The quantitative estimate of drug-likeness (QED) is 0.695. The average molecular weight is 354 g/mol. The van der Waals surface area contributed by atoms with Crippen LogP contribution in [0, 0.1) is 5.92 Å². The van der Waals surface area contributed by atoms with Crippen molar-refractivity contribution in [1.82, 2.24) is 10.2 Å². The Hall–Kier alpha value is -0.500. The van der Waals surface area contributed by atoms with Gasteiger partial charge in [-0.1, -0.05) is 13.8 Å². The molecule has 6 nitrogen and oxygen atoms in total. The minimum absolute atomic E-state index is 0. The van der Waals surface area contributed by atoms with Crippen LogP contribution in [-0.2, 0) is 14.3 Å². The molecule has 1 fully saturated rings. The first kappa shape index (κ1) is 21.5. The molecule has 3 N–H and O–H groups in total. The molecule has 0 spiro atoms. The molecule has 0 radical (unpaired) electrons. The first-order valence-electron chi connectivity index (χ1n) is 7.33. The van der Waals surface area contributed by atoms with Gasteiger partial charge in [-0.3, -0.25) is 9.59 Å². The van der Waals surface area contributed by atoms with Gasteiger partial charge in [0.1, 0.15) is 0 Å². The van der Waals surface area contributed by atoms with Crippen LogP contribution in [0.4, 0.5) is 0 Å². The number of hydrogen-bond donors (Lipinski definition) is 2. The second kappa shape index (κ2) is 10.3. The smallest absolute Gasteiger partial charge is 0.232 e. The molecule has 130 valence electrons. The Balaban J connectivity index is 0.00000441. The van der Waals surface area contributed by atoms with E-state index in [-0.39, 0.29) is 35.9 Å². The molecular formula is C14H28ClN3O3S. The predicted molar refractivity (Wildman–Crippen MR) is 92.4 cm³/mol. The van der Waals surface area contributed by atoms with Crippen molar-refractivity contribution >= 4 is 36.0 Å². The molecule has 0 saturated carbocycles. The number of nitrogens with zero attached hydrogens (tertiary/aromatic N) is 1. The zero-order valence-corrected chi connectivity index (χ0v) is 15.2. The van der Waals surface area contributed by atoms with E-state index in [1.807, 2.05) is 20.8 Å². The SMILES string of the molecule is CC(C)C(C)(CN)NC(=O)CSCC(=O)N1CCOCC1.Cl. The van der Waals surface area contributed by atoms with E-state index in [1.54, 1.807) is 4.90 Å². The molecular weight excluding hydrogens is 326 g/mol. The Bertz CT molecular complexity index is 365. The fourth-order valence-electron chi connectivity index (χ4n) is 1.92. The summed E-state index contributed by atoms with van der Waals surface area (Å²) < 4.78 is 5.21. The van der Waals surface area contributed by atoms with E-state index in [2.05, 4.69) is 5.32 Å². The molecule has 1 aliphatic heterocycles. The highest BCUT2D eigenvalue weighted by molar-refractivity contribution is 8.00. The first-order valence-corrected chi connectivity index (χ1v) is 8.49. The van der Waals surface area contributed by atoms with Gasteiger partial charge in [0.15, 0.2) is 0 Å². The third-order valence-electron chi connectivity index (χ3n) is 3.95. The van der Waals surface area contributed by atoms with Crippen LogP contribution in [0.1, 0.15) is 20.8 Å². The largest absolute Gasteiger partial charge is 0.378 e. The highest BCUT2D eigenvalue weighted by Crippen LogP contribution is 2.15. The number of morpholine rings is 1. The van der Waals surface area contributed by atoms with Crippen molar-refractivity contribution in [3.63, 3.8) is 0 Å². The number of rotatable bonds is 7. The Morgan fingerprint density at radius 1 is 1.32 bits per heavy atom. The van der Waals surface area contributed by atoms with Gasteiger partial charge in [0.25, 0.3) is 0 Å². The summed E-state index contributed by atoms with van der Waals surface area (Å²) in [6.45, 7) is 8.88. The molecule has 1 unspecified atom stereocenters. The maximum absolute atomic E-state index is 11.9. The Kier molecular flexibility index (Phi) is 10.1. The number of thioether (sulfide) groups is 1. The van der Waals surface area contributed by atoms with Crippen molar-refractivity contribution in [3.05, 3.63) is 0 Å². The molecule has 0 aromatic heterocycles. The lowest BCUT2D eigenvalue weighted by Crippen LogP contribution is -2.55. The van der Waals surface area contributed by atoms with Gasteiger partial charge in [-0.2, -0.15) is 0 Å². The third kappa shape index (κ3) is 6.73. The van der Waals surface area contributed by atoms with E-state index in [1.165, 1.54) is 11.8 Å². The van der Waals surface area contributed by atoms with Crippen LogP contribution in [0.25, 0.3) is 0 Å². The van der Waals surface area contributed by atoms with Gasteiger partial charge < -0.3 is 20.7 Å². The second-order valence-electron chi connectivity index (χ2n) is 5.81. The second-order valence-corrected chi connectivity index (χ2v) is 6.80. The molecule has 1 atom stereocenters. The Labute approximate surface area is 143 Å². The third-order valence-corrected chi connectivity index (χ3v) is 4.86. The first-order chi connectivity index (χ1) is 9.89. The van der Waals surface area contributed by atoms with Crippen LogP contribution >= 0.6 is 24.2 Å². The number of carbonyl (C=O) groups excluding carboxylic acids is 2. The average Bonchev–Trinajstić information content (AvgIpc) is 2.47. The normalized spacial score (nSPS) is 17.6. The zero-order chi connectivity index (χ0) is 15.9. The van der Waals surface area contributed by atoms with Crippen molar-refractivity contribution < 1.29 is 14.3 Å². The van der Waals surface area contributed by atoms with E-state index < -0.39 is 5.54 Å². The summed E-state index contributed by atoms with van der Waals surface area (Å²) in [6, 6.07) is 0. The molecule has 1 heterocycles. The molecule has 0 bridgehead atoms. The van der Waals surface area contributed by atoms with Gasteiger partial charge in [0.2, 0.25) is 11.8 Å². The van der Waals surface area contributed by atoms with Gasteiger partial charge in [0, 0.05) is 19.6 Å². The molecule has 0 aromatic carbocycles. The number of halogens is 1. The van der Waals surface area contributed by atoms with E-state index in [9.17, 15) is 9.59 Å². The lowest BCUT2D eigenvalue weighted by Gasteiger charge is -2.33. The maximum atomic E-state index is 11.9. The van der Waals surface area contributed by atoms with Crippen LogP contribution in [0.3, 0.4) is 0 Å². The van der Waals surface area contributed by atoms with Crippen LogP contribution < -0.4 is 11.1 Å². The van der Waals surface area contributed by atoms with E-state index in [0.29, 0.717) is 38.6 Å². The molecule has 8 heteroatoms. The van der Waals surface area contributed by atoms with Crippen molar-refractivity contribution in [2.75, 3.05) is 44.4 Å². The van der Waals surface area contributed by atoms with Crippen molar-refractivity contribution in [3.8, 4) is 0 Å². The molecule has 22 heavy (non-hydrogen) atoms. The lowest BCUT2D eigenvalue weighted by atomic mass is 9.88. The summed E-state index contributed by atoms with van der Waals surface area (Å²) in [6.07, 6.45) is 0. The topological polar surface area (TPSA) is 84.7 Å². The van der Waals surface area contributed by atoms with E-state index in [0.717, 1.165) is 0 Å². The van der Waals surface area contributed by atoms with Crippen molar-refractivity contribution in [1.29, 1.82) is 0 Å². The van der Waals surface area contributed by atoms with Gasteiger partial charge >= 0.3 is 0 Å². The summed E-state index contributed by atoms with van der Waals surface area (Å²) in [4.78, 5) is 25.7. The molecule has 2 amide bonds. The van der Waals surface area contributed by atoms with Gasteiger partial charge in [-0.25, -0.2) is 0 Å². The van der Waals surface area contributed by atoms with Gasteiger partial charge in [0.05, 0.1) is 30.3 Å². The highest BCUT2D eigenvalue weighted by Gasteiger charge is 2.28.